The zero-order chi connectivity index (χ0) is 15.5. The Bertz CT molecular complexity index is 626. The van der Waals surface area contributed by atoms with E-state index in [2.05, 4.69) is 5.32 Å². The average Bonchev–Trinajstić information content (AvgIpc) is 2.78. The van der Waals surface area contributed by atoms with Gasteiger partial charge in [0.1, 0.15) is 0 Å². The maximum Gasteiger partial charge on any atom is 0.251 e. The zero-order valence-electron chi connectivity index (χ0n) is 12.1. The van der Waals surface area contributed by atoms with Crippen LogP contribution in [-0.4, -0.2) is 45.6 Å². The minimum absolute atomic E-state index is 0.00685. The van der Waals surface area contributed by atoms with Crippen molar-refractivity contribution in [2.75, 3.05) is 25.2 Å². The van der Waals surface area contributed by atoms with Crippen molar-refractivity contribution < 1.29 is 22.7 Å². The largest absolute Gasteiger partial charge is 0.493 e. The van der Waals surface area contributed by atoms with Crippen molar-refractivity contribution in [3.8, 4) is 11.5 Å². The molecule has 1 fully saturated rings. The van der Waals surface area contributed by atoms with Crippen LogP contribution in [0.3, 0.4) is 0 Å². The Balaban J connectivity index is 2.09. The third-order valence-electron chi connectivity index (χ3n) is 3.29. The lowest BCUT2D eigenvalue weighted by Gasteiger charge is -2.13. The first-order valence-corrected chi connectivity index (χ1v) is 8.59. The predicted molar refractivity (Wildman–Crippen MR) is 78.7 cm³/mol. The monoisotopic (exact) mass is 313 g/mol. The van der Waals surface area contributed by atoms with Crippen LogP contribution in [0.4, 0.5) is 0 Å². The van der Waals surface area contributed by atoms with Crippen molar-refractivity contribution in [2.24, 2.45) is 0 Å². The number of ether oxygens (including phenoxy) is 2. The Hall–Kier alpha value is -1.76. The second-order valence-electron chi connectivity index (χ2n) is 4.87. The van der Waals surface area contributed by atoms with Gasteiger partial charge in [-0.1, -0.05) is 0 Å². The summed E-state index contributed by atoms with van der Waals surface area (Å²) in [6.07, 6.45) is 0.461. The molecule has 1 aromatic rings. The van der Waals surface area contributed by atoms with Crippen LogP contribution in [0.15, 0.2) is 18.2 Å². The van der Waals surface area contributed by atoms with E-state index >= 15 is 0 Å². The lowest BCUT2D eigenvalue weighted by atomic mass is 10.1. The molecule has 21 heavy (non-hydrogen) atoms. The molecule has 1 aliphatic heterocycles. The zero-order valence-corrected chi connectivity index (χ0v) is 12.9. The van der Waals surface area contributed by atoms with Gasteiger partial charge in [-0.25, -0.2) is 8.42 Å². The highest BCUT2D eigenvalue weighted by molar-refractivity contribution is 7.91. The van der Waals surface area contributed by atoms with Crippen molar-refractivity contribution in [2.45, 2.75) is 19.4 Å². The fraction of sp³-hybridized carbons (Fsp3) is 0.500. The molecule has 0 bridgehead atoms. The third kappa shape index (κ3) is 3.87. The van der Waals surface area contributed by atoms with Gasteiger partial charge in [-0.3, -0.25) is 4.79 Å². The minimum Gasteiger partial charge on any atom is -0.493 e. The van der Waals surface area contributed by atoms with Crippen molar-refractivity contribution in [3.05, 3.63) is 23.8 Å². The summed E-state index contributed by atoms with van der Waals surface area (Å²) in [6, 6.07) is 4.57. The Kier molecular flexibility index (Phi) is 4.72. The summed E-state index contributed by atoms with van der Waals surface area (Å²) in [5.41, 5.74) is 0.416. The van der Waals surface area contributed by atoms with Crippen molar-refractivity contribution in [1.29, 1.82) is 0 Å². The lowest BCUT2D eigenvalue weighted by Crippen LogP contribution is -2.35. The SMILES string of the molecule is CCOc1ccc(C(=O)N[C@@H]2CCS(=O)(=O)C2)cc1OC. The Labute approximate surface area is 124 Å². The van der Waals surface area contributed by atoms with E-state index in [-0.39, 0.29) is 23.5 Å². The molecule has 1 atom stereocenters. The highest BCUT2D eigenvalue weighted by Crippen LogP contribution is 2.28. The van der Waals surface area contributed by atoms with Gasteiger partial charge >= 0.3 is 0 Å². The second kappa shape index (κ2) is 6.34. The van der Waals surface area contributed by atoms with Gasteiger partial charge in [0.05, 0.1) is 25.2 Å². The van der Waals surface area contributed by atoms with E-state index in [1.165, 1.54) is 7.11 Å². The molecule has 116 valence electrons. The van der Waals surface area contributed by atoms with Crippen LogP contribution in [0.5, 0.6) is 11.5 Å². The van der Waals surface area contributed by atoms with E-state index in [0.717, 1.165) is 0 Å². The van der Waals surface area contributed by atoms with E-state index in [4.69, 9.17) is 9.47 Å². The first-order chi connectivity index (χ1) is 9.95. The van der Waals surface area contributed by atoms with Crippen LogP contribution in [0.25, 0.3) is 0 Å². The molecule has 6 nitrogen and oxygen atoms in total. The molecular formula is C14H19NO5S. The maximum atomic E-state index is 12.1. The van der Waals surface area contributed by atoms with Gasteiger partial charge in [0.25, 0.3) is 5.91 Å². The van der Waals surface area contributed by atoms with Crippen LogP contribution in [0.2, 0.25) is 0 Å². The summed E-state index contributed by atoms with van der Waals surface area (Å²) in [5, 5.41) is 2.74. The van der Waals surface area contributed by atoms with Gasteiger partial charge < -0.3 is 14.8 Å². The number of nitrogens with one attached hydrogen (secondary N) is 1. The summed E-state index contributed by atoms with van der Waals surface area (Å²) in [6.45, 7) is 2.36. The first kappa shape index (κ1) is 15.6. The molecule has 0 aromatic heterocycles. The van der Waals surface area contributed by atoms with Gasteiger partial charge in [0.2, 0.25) is 0 Å². The number of carbonyl (C=O) groups excluding carboxylic acids is 1. The lowest BCUT2D eigenvalue weighted by molar-refractivity contribution is 0.0940. The normalized spacial score (nSPS) is 20.0. The van der Waals surface area contributed by atoms with E-state index in [1.807, 2.05) is 6.92 Å². The van der Waals surface area contributed by atoms with Gasteiger partial charge in [0, 0.05) is 11.6 Å². The van der Waals surface area contributed by atoms with E-state index in [9.17, 15) is 13.2 Å². The number of benzene rings is 1. The molecular weight excluding hydrogens is 294 g/mol. The number of amides is 1. The van der Waals surface area contributed by atoms with E-state index < -0.39 is 9.84 Å². The summed E-state index contributed by atoms with van der Waals surface area (Å²) in [5.74, 6) is 0.874. The summed E-state index contributed by atoms with van der Waals surface area (Å²) < 4.78 is 33.4. The van der Waals surface area contributed by atoms with Crippen LogP contribution in [0, 0.1) is 0 Å². The second-order valence-corrected chi connectivity index (χ2v) is 7.10. The molecule has 2 rings (SSSR count). The number of carbonyl (C=O) groups is 1. The third-order valence-corrected chi connectivity index (χ3v) is 5.06. The molecule has 1 N–H and O–H groups in total. The Morgan fingerprint density at radius 2 is 2.14 bits per heavy atom. The van der Waals surface area contributed by atoms with Gasteiger partial charge in [-0.05, 0) is 31.5 Å². The van der Waals surface area contributed by atoms with Crippen LogP contribution >= 0.6 is 0 Å². The standard InChI is InChI=1S/C14H19NO5S/c1-3-20-12-5-4-10(8-13(12)19-2)14(16)15-11-6-7-21(17,18)9-11/h4-5,8,11H,3,6-7,9H2,1-2H3,(H,15,16)/t11-/m1/s1. The highest BCUT2D eigenvalue weighted by atomic mass is 32.2. The number of hydrogen-bond acceptors (Lipinski definition) is 5. The Morgan fingerprint density at radius 1 is 1.38 bits per heavy atom. The molecule has 0 aliphatic carbocycles. The molecule has 0 unspecified atom stereocenters. The number of methoxy groups -OCH3 is 1. The summed E-state index contributed by atoms with van der Waals surface area (Å²) >= 11 is 0. The maximum absolute atomic E-state index is 12.1. The number of rotatable bonds is 5. The molecule has 0 spiro atoms. The van der Waals surface area contributed by atoms with Gasteiger partial charge in [-0.2, -0.15) is 0 Å². The van der Waals surface area contributed by atoms with Crippen molar-refractivity contribution in [3.63, 3.8) is 0 Å². The quantitative estimate of drug-likeness (QED) is 0.877. The molecule has 0 radical (unpaired) electrons. The number of sulfone groups is 1. The van der Waals surface area contributed by atoms with Crippen molar-refractivity contribution in [1.82, 2.24) is 5.32 Å². The summed E-state index contributed by atoms with van der Waals surface area (Å²) in [7, 11) is -1.51. The molecule has 1 aromatic carbocycles. The number of hydrogen-bond donors (Lipinski definition) is 1. The smallest absolute Gasteiger partial charge is 0.251 e. The van der Waals surface area contributed by atoms with Crippen LogP contribution in [0.1, 0.15) is 23.7 Å². The molecule has 1 heterocycles. The minimum atomic E-state index is -3.01. The fourth-order valence-electron chi connectivity index (χ4n) is 2.26. The highest BCUT2D eigenvalue weighted by Gasteiger charge is 2.29. The molecule has 1 saturated heterocycles. The first-order valence-electron chi connectivity index (χ1n) is 6.77. The predicted octanol–water partition coefficient (Wildman–Crippen LogP) is 1.01. The van der Waals surface area contributed by atoms with Gasteiger partial charge in [-0.15, -0.1) is 0 Å². The van der Waals surface area contributed by atoms with Crippen molar-refractivity contribution >= 4 is 15.7 Å². The molecule has 0 saturated carbocycles. The topological polar surface area (TPSA) is 81.7 Å². The van der Waals surface area contributed by atoms with Crippen LogP contribution in [-0.2, 0) is 9.84 Å². The van der Waals surface area contributed by atoms with E-state index in [0.29, 0.717) is 30.1 Å². The molecule has 1 amide bonds. The van der Waals surface area contributed by atoms with E-state index in [1.54, 1.807) is 18.2 Å². The average molecular weight is 313 g/mol. The fourth-order valence-corrected chi connectivity index (χ4v) is 3.93. The van der Waals surface area contributed by atoms with Crippen LogP contribution < -0.4 is 14.8 Å². The Morgan fingerprint density at radius 3 is 2.71 bits per heavy atom. The van der Waals surface area contributed by atoms with Gasteiger partial charge in [0.15, 0.2) is 21.3 Å². The molecule has 7 heteroatoms. The summed E-state index contributed by atoms with van der Waals surface area (Å²) in [4.78, 5) is 12.1. The molecule has 1 aliphatic rings.